The van der Waals surface area contributed by atoms with Crippen molar-refractivity contribution in [3.8, 4) is 0 Å². The van der Waals surface area contributed by atoms with E-state index in [-0.39, 0.29) is 6.10 Å². The molecule has 3 unspecified atom stereocenters. The lowest BCUT2D eigenvalue weighted by atomic mass is 9.46. The molecule has 0 aromatic carbocycles. The molecule has 2 nitrogen and oxygen atoms in total. The van der Waals surface area contributed by atoms with E-state index in [4.69, 9.17) is 0 Å². The molecule has 0 saturated heterocycles. The van der Waals surface area contributed by atoms with E-state index in [1.165, 1.54) is 38.5 Å². The molecule has 0 aliphatic heterocycles. The van der Waals surface area contributed by atoms with Crippen LogP contribution in [0.25, 0.3) is 0 Å². The largest absolute Gasteiger partial charge is 0.393 e. The van der Waals surface area contributed by atoms with E-state index in [0.717, 1.165) is 30.6 Å². The fourth-order valence-corrected chi connectivity index (χ4v) is 8.00. The highest BCUT2D eigenvalue weighted by molar-refractivity contribution is 5.25. The van der Waals surface area contributed by atoms with Gasteiger partial charge in [0.15, 0.2) is 0 Å². The molecule has 4 rings (SSSR count). The quantitative estimate of drug-likeness (QED) is 0.653. The highest BCUT2D eigenvalue weighted by atomic mass is 16.3. The van der Waals surface area contributed by atoms with Gasteiger partial charge < -0.3 is 10.2 Å². The monoisotopic (exact) mass is 360 g/mol. The van der Waals surface area contributed by atoms with Crippen LogP contribution >= 0.6 is 0 Å². The summed E-state index contributed by atoms with van der Waals surface area (Å²) >= 11 is 0. The average molecular weight is 361 g/mol. The molecule has 0 radical (unpaired) electrons. The van der Waals surface area contributed by atoms with Crippen LogP contribution in [-0.4, -0.2) is 21.9 Å². The Hall–Kier alpha value is -0.340. The zero-order valence-corrected chi connectivity index (χ0v) is 17.6. The molecule has 2 heteroatoms. The van der Waals surface area contributed by atoms with Crippen molar-refractivity contribution in [1.29, 1.82) is 0 Å². The molecule has 3 fully saturated rings. The van der Waals surface area contributed by atoms with Crippen LogP contribution in [0.1, 0.15) is 86.0 Å². The number of fused-ring (bicyclic) bond motifs is 5. The van der Waals surface area contributed by atoms with Gasteiger partial charge >= 0.3 is 0 Å². The van der Waals surface area contributed by atoms with Crippen LogP contribution in [-0.2, 0) is 0 Å². The fourth-order valence-electron chi connectivity index (χ4n) is 8.00. The third kappa shape index (κ3) is 2.65. The molecule has 4 aliphatic rings. The number of aliphatic hydroxyl groups excluding tert-OH is 1. The maximum Gasteiger partial charge on any atom is 0.0620 e. The van der Waals surface area contributed by atoms with E-state index in [2.05, 4.69) is 26.8 Å². The molecule has 3 saturated carbocycles. The van der Waals surface area contributed by atoms with Crippen molar-refractivity contribution in [3.05, 3.63) is 11.6 Å². The van der Waals surface area contributed by atoms with E-state index < -0.39 is 5.60 Å². The summed E-state index contributed by atoms with van der Waals surface area (Å²) in [5, 5.41) is 20.8. The summed E-state index contributed by atoms with van der Waals surface area (Å²) in [6, 6.07) is 0. The molecule has 148 valence electrons. The summed E-state index contributed by atoms with van der Waals surface area (Å²) in [5.41, 5.74) is 1.73. The summed E-state index contributed by atoms with van der Waals surface area (Å²) in [6.45, 7) is 11.4. The van der Waals surface area contributed by atoms with Gasteiger partial charge in [-0.2, -0.15) is 0 Å². The second-order valence-electron chi connectivity index (χ2n) is 11.3. The van der Waals surface area contributed by atoms with Crippen LogP contribution in [0, 0.1) is 40.4 Å². The SMILES string of the molecule is C[C@@H]([C@H]1CCC2C3CC=C4C[C@@H](O)CC[C@]4(C)C3CC[C@@]21C)C(C)(C)O. The van der Waals surface area contributed by atoms with Gasteiger partial charge in [0.1, 0.15) is 0 Å². The molecule has 0 heterocycles. The molecule has 8 atom stereocenters. The zero-order valence-electron chi connectivity index (χ0n) is 17.6. The predicted molar refractivity (Wildman–Crippen MR) is 107 cm³/mol. The van der Waals surface area contributed by atoms with E-state index in [1.807, 2.05) is 13.8 Å². The Morgan fingerprint density at radius 1 is 1.08 bits per heavy atom. The van der Waals surface area contributed by atoms with Crippen molar-refractivity contribution in [1.82, 2.24) is 0 Å². The van der Waals surface area contributed by atoms with E-state index in [1.54, 1.807) is 5.57 Å². The second kappa shape index (κ2) is 6.08. The van der Waals surface area contributed by atoms with Crippen LogP contribution in [0.5, 0.6) is 0 Å². The summed E-state index contributed by atoms with van der Waals surface area (Å²) in [6.07, 6.45) is 12.0. The van der Waals surface area contributed by atoms with Crippen molar-refractivity contribution in [2.24, 2.45) is 40.4 Å². The van der Waals surface area contributed by atoms with E-state index in [0.29, 0.717) is 22.7 Å². The van der Waals surface area contributed by atoms with E-state index >= 15 is 0 Å². The Morgan fingerprint density at radius 2 is 1.81 bits per heavy atom. The maximum atomic E-state index is 10.7. The van der Waals surface area contributed by atoms with E-state index in [9.17, 15) is 10.2 Å². The van der Waals surface area contributed by atoms with Gasteiger partial charge in [-0.3, -0.25) is 0 Å². The summed E-state index contributed by atoms with van der Waals surface area (Å²) < 4.78 is 0. The van der Waals surface area contributed by atoms with Gasteiger partial charge in [-0.25, -0.2) is 0 Å². The summed E-state index contributed by atoms with van der Waals surface area (Å²) in [7, 11) is 0. The van der Waals surface area contributed by atoms with Crippen molar-refractivity contribution in [2.45, 2.75) is 97.7 Å². The Labute approximate surface area is 160 Å². The second-order valence-corrected chi connectivity index (χ2v) is 11.3. The lowest BCUT2D eigenvalue weighted by molar-refractivity contribution is -0.0829. The van der Waals surface area contributed by atoms with Crippen molar-refractivity contribution >= 4 is 0 Å². The zero-order chi connectivity index (χ0) is 18.9. The van der Waals surface area contributed by atoms with Crippen LogP contribution in [0.15, 0.2) is 11.6 Å². The van der Waals surface area contributed by atoms with Gasteiger partial charge in [0.25, 0.3) is 0 Å². The Bertz CT molecular complexity index is 588. The molecular weight excluding hydrogens is 320 g/mol. The Kier molecular flexibility index (Phi) is 4.44. The molecule has 2 N–H and O–H groups in total. The van der Waals surface area contributed by atoms with Gasteiger partial charge in [-0.1, -0.05) is 32.4 Å². The molecule has 0 bridgehead atoms. The standard InChI is InChI=1S/C24H40O2/c1-15(22(2,3)26)19-8-9-20-18-7-6-16-14-17(25)10-12-23(16,4)21(18)11-13-24(19,20)5/h6,15,17-21,25-26H,7-14H2,1-5H3/t15-,17-,18?,19+,20?,21?,23-,24+/m0/s1. The number of hydrogen-bond donors (Lipinski definition) is 2. The lowest BCUT2D eigenvalue weighted by Gasteiger charge is -2.58. The summed E-state index contributed by atoms with van der Waals surface area (Å²) in [4.78, 5) is 0. The molecule has 0 aromatic heterocycles. The predicted octanol–water partition coefficient (Wildman–Crippen LogP) is 5.33. The summed E-state index contributed by atoms with van der Waals surface area (Å²) in [5.74, 6) is 3.46. The normalized spacial score (nSPS) is 49.7. The maximum absolute atomic E-state index is 10.7. The topological polar surface area (TPSA) is 40.5 Å². The highest BCUT2D eigenvalue weighted by Gasteiger charge is 2.59. The molecule has 0 aromatic rings. The Morgan fingerprint density at radius 3 is 2.50 bits per heavy atom. The first-order valence-corrected chi connectivity index (χ1v) is 11.2. The van der Waals surface area contributed by atoms with Crippen LogP contribution in [0.2, 0.25) is 0 Å². The van der Waals surface area contributed by atoms with Gasteiger partial charge in [-0.05, 0) is 106 Å². The lowest BCUT2D eigenvalue weighted by Crippen LogP contribution is -2.51. The van der Waals surface area contributed by atoms with Crippen LogP contribution in [0.3, 0.4) is 0 Å². The highest BCUT2D eigenvalue weighted by Crippen LogP contribution is 2.67. The van der Waals surface area contributed by atoms with Crippen LogP contribution in [0.4, 0.5) is 0 Å². The van der Waals surface area contributed by atoms with Crippen LogP contribution < -0.4 is 0 Å². The smallest absolute Gasteiger partial charge is 0.0620 e. The van der Waals surface area contributed by atoms with Crippen molar-refractivity contribution < 1.29 is 10.2 Å². The van der Waals surface area contributed by atoms with Crippen molar-refractivity contribution in [3.63, 3.8) is 0 Å². The third-order valence-corrected chi connectivity index (χ3v) is 9.87. The molecular formula is C24H40O2. The first kappa shape index (κ1) is 19.0. The first-order valence-electron chi connectivity index (χ1n) is 11.2. The molecule has 4 aliphatic carbocycles. The molecule has 0 amide bonds. The molecule has 26 heavy (non-hydrogen) atoms. The number of aliphatic hydroxyl groups is 2. The number of hydrogen-bond acceptors (Lipinski definition) is 2. The third-order valence-electron chi connectivity index (χ3n) is 9.87. The minimum atomic E-state index is -0.579. The Balaban J connectivity index is 1.62. The first-order chi connectivity index (χ1) is 12.1. The van der Waals surface area contributed by atoms with Gasteiger partial charge in [-0.15, -0.1) is 0 Å². The number of rotatable bonds is 2. The minimum absolute atomic E-state index is 0.108. The average Bonchev–Trinajstić information content (AvgIpc) is 2.91. The van der Waals surface area contributed by atoms with Gasteiger partial charge in [0.05, 0.1) is 11.7 Å². The minimum Gasteiger partial charge on any atom is -0.393 e. The van der Waals surface area contributed by atoms with Gasteiger partial charge in [0, 0.05) is 0 Å². The van der Waals surface area contributed by atoms with Gasteiger partial charge in [0.2, 0.25) is 0 Å². The molecule has 0 spiro atoms. The van der Waals surface area contributed by atoms with Crippen molar-refractivity contribution in [2.75, 3.05) is 0 Å². The fraction of sp³-hybridized carbons (Fsp3) is 0.917. The number of allylic oxidation sites excluding steroid dienone is 1.